The van der Waals surface area contributed by atoms with E-state index < -0.39 is 0 Å². The fourth-order valence-corrected chi connectivity index (χ4v) is 3.16. The molecule has 2 heterocycles. The molecule has 6 heteroatoms. The van der Waals surface area contributed by atoms with E-state index in [1.54, 1.807) is 0 Å². The van der Waals surface area contributed by atoms with Gasteiger partial charge in [-0.05, 0) is 44.7 Å². The molecule has 0 bridgehead atoms. The number of aromatic amines is 1. The van der Waals surface area contributed by atoms with Gasteiger partial charge >= 0.3 is 6.03 Å². The number of hydrogen-bond donors (Lipinski definition) is 2. The Balaban J connectivity index is 1.62. The molecule has 126 valence electrons. The van der Waals surface area contributed by atoms with Crippen LogP contribution in [0.3, 0.4) is 0 Å². The second kappa shape index (κ2) is 6.74. The Labute approximate surface area is 136 Å². The SMILES string of the molecule is Cc1cc(C)c(CNC(=O)N(CC2CCOC2)C2CC2)c(=O)[nH]1. The van der Waals surface area contributed by atoms with Crippen LogP contribution >= 0.6 is 0 Å². The summed E-state index contributed by atoms with van der Waals surface area (Å²) in [4.78, 5) is 29.3. The van der Waals surface area contributed by atoms with E-state index in [1.165, 1.54) is 0 Å². The molecule has 1 atom stereocenters. The van der Waals surface area contributed by atoms with Crippen molar-refractivity contribution >= 4 is 6.03 Å². The van der Waals surface area contributed by atoms with Crippen molar-refractivity contribution in [3.8, 4) is 0 Å². The van der Waals surface area contributed by atoms with Crippen LogP contribution in [0.1, 0.15) is 36.1 Å². The summed E-state index contributed by atoms with van der Waals surface area (Å²) in [5, 5.41) is 2.92. The number of aromatic nitrogens is 1. The number of ether oxygens (including phenoxy) is 1. The van der Waals surface area contributed by atoms with Crippen LogP contribution in [0.25, 0.3) is 0 Å². The molecule has 1 saturated heterocycles. The highest BCUT2D eigenvalue weighted by Gasteiger charge is 2.34. The minimum Gasteiger partial charge on any atom is -0.381 e. The predicted molar refractivity (Wildman–Crippen MR) is 87.4 cm³/mol. The number of H-pyrrole nitrogens is 1. The Kier molecular flexibility index (Phi) is 4.71. The molecule has 1 unspecified atom stereocenters. The van der Waals surface area contributed by atoms with Gasteiger partial charge in [0.15, 0.2) is 0 Å². The van der Waals surface area contributed by atoms with Gasteiger partial charge in [-0.15, -0.1) is 0 Å². The van der Waals surface area contributed by atoms with E-state index in [9.17, 15) is 9.59 Å². The molecule has 1 aromatic heterocycles. The molecule has 0 aromatic carbocycles. The number of amides is 2. The largest absolute Gasteiger partial charge is 0.381 e. The molecule has 1 aromatic rings. The van der Waals surface area contributed by atoms with E-state index in [1.807, 2.05) is 24.8 Å². The first kappa shape index (κ1) is 16.1. The van der Waals surface area contributed by atoms with Crippen LogP contribution in [0.5, 0.6) is 0 Å². The monoisotopic (exact) mass is 319 g/mol. The van der Waals surface area contributed by atoms with Crippen LogP contribution in [-0.4, -0.2) is 41.7 Å². The summed E-state index contributed by atoms with van der Waals surface area (Å²) in [6.45, 7) is 6.31. The lowest BCUT2D eigenvalue weighted by Gasteiger charge is -2.25. The van der Waals surface area contributed by atoms with Gasteiger partial charge in [-0.25, -0.2) is 4.79 Å². The van der Waals surface area contributed by atoms with Crippen LogP contribution in [0.2, 0.25) is 0 Å². The average Bonchev–Trinajstić information content (AvgIpc) is 3.19. The summed E-state index contributed by atoms with van der Waals surface area (Å²) >= 11 is 0. The third kappa shape index (κ3) is 3.93. The van der Waals surface area contributed by atoms with E-state index in [0.717, 1.165) is 50.3 Å². The Bertz CT molecular complexity index is 630. The number of carbonyl (C=O) groups excluding carboxylic acids is 1. The normalized spacial score (nSPS) is 20.5. The summed E-state index contributed by atoms with van der Waals surface area (Å²) < 4.78 is 5.41. The van der Waals surface area contributed by atoms with E-state index in [4.69, 9.17) is 4.74 Å². The molecule has 1 aliphatic carbocycles. The van der Waals surface area contributed by atoms with Gasteiger partial charge < -0.3 is 19.9 Å². The molecular weight excluding hydrogens is 294 g/mol. The van der Waals surface area contributed by atoms with Crippen molar-refractivity contribution in [1.82, 2.24) is 15.2 Å². The van der Waals surface area contributed by atoms with Crippen molar-refractivity contribution in [1.29, 1.82) is 0 Å². The van der Waals surface area contributed by atoms with E-state index >= 15 is 0 Å². The van der Waals surface area contributed by atoms with Gasteiger partial charge in [0.05, 0.1) is 13.2 Å². The molecule has 2 amide bonds. The molecule has 2 aliphatic rings. The maximum Gasteiger partial charge on any atom is 0.317 e. The zero-order valence-electron chi connectivity index (χ0n) is 13.9. The van der Waals surface area contributed by atoms with Crippen molar-refractivity contribution in [3.63, 3.8) is 0 Å². The Morgan fingerprint density at radius 3 is 2.78 bits per heavy atom. The number of hydrogen-bond acceptors (Lipinski definition) is 3. The van der Waals surface area contributed by atoms with Crippen LogP contribution < -0.4 is 10.9 Å². The third-order valence-corrected chi connectivity index (χ3v) is 4.64. The first-order valence-corrected chi connectivity index (χ1v) is 8.36. The highest BCUT2D eigenvalue weighted by molar-refractivity contribution is 5.75. The molecule has 1 aliphatic heterocycles. The lowest BCUT2D eigenvalue weighted by atomic mass is 10.1. The number of nitrogens with one attached hydrogen (secondary N) is 2. The highest BCUT2D eigenvalue weighted by Crippen LogP contribution is 2.29. The predicted octanol–water partition coefficient (Wildman–Crippen LogP) is 1.70. The molecule has 23 heavy (non-hydrogen) atoms. The highest BCUT2D eigenvalue weighted by atomic mass is 16.5. The Hall–Kier alpha value is -1.82. The maximum atomic E-state index is 12.5. The second-order valence-electron chi connectivity index (χ2n) is 6.71. The molecule has 2 N–H and O–H groups in total. The van der Waals surface area contributed by atoms with Gasteiger partial charge in [-0.3, -0.25) is 4.79 Å². The van der Waals surface area contributed by atoms with Gasteiger partial charge in [0.1, 0.15) is 0 Å². The van der Waals surface area contributed by atoms with Crippen LogP contribution in [0, 0.1) is 19.8 Å². The Morgan fingerprint density at radius 2 is 2.17 bits per heavy atom. The van der Waals surface area contributed by atoms with Gasteiger partial charge in [0.25, 0.3) is 5.56 Å². The molecule has 3 rings (SSSR count). The van der Waals surface area contributed by atoms with Crippen molar-refractivity contribution in [2.45, 2.75) is 45.7 Å². The molecule has 2 fully saturated rings. The van der Waals surface area contributed by atoms with Crippen LogP contribution in [-0.2, 0) is 11.3 Å². The first-order chi connectivity index (χ1) is 11.0. The summed E-state index contributed by atoms with van der Waals surface area (Å²) in [5.41, 5.74) is 2.26. The van der Waals surface area contributed by atoms with Crippen molar-refractivity contribution < 1.29 is 9.53 Å². The zero-order valence-corrected chi connectivity index (χ0v) is 13.9. The molecule has 0 spiro atoms. The minimum absolute atomic E-state index is 0.0706. The number of carbonyl (C=O) groups is 1. The number of rotatable bonds is 5. The van der Waals surface area contributed by atoms with Crippen molar-refractivity contribution in [2.24, 2.45) is 5.92 Å². The van der Waals surface area contributed by atoms with Gasteiger partial charge in [0, 0.05) is 36.4 Å². The number of nitrogens with zero attached hydrogens (tertiary/aromatic N) is 1. The summed E-state index contributed by atoms with van der Waals surface area (Å²) in [7, 11) is 0. The van der Waals surface area contributed by atoms with Crippen molar-refractivity contribution in [2.75, 3.05) is 19.8 Å². The van der Waals surface area contributed by atoms with E-state index in [2.05, 4.69) is 10.3 Å². The third-order valence-electron chi connectivity index (χ3n) is 4.64. The molecule has 6 nitrogen and oxygen atoms in total. The molecule has 0 radical (unpaired) electrons. The average molecular weight is 319 g/mol. The lowest BCUT2D eigenvalue weighted by Crippen LogP contribution is -2.44. The fourth-order valence-electron chi connectivity index (χ4n) is 3.16. The van der Waals surface area contributed by atoms with Crippen LogP contribution in [0.4, 0.5) is 4.79 Å². The molecule has 1 saturated carbocycles. The van der Waals surface area contributed by atoms with Gasteiger partial charge in [-0.2, -0.15) is 0 Å². The van der Waals surface area contributed by atoms with Crippen LogP contribution in [0.15, 0.2) is 10.9 Å². The number of urea groups is 1. The van der Waals surface area contributed by atoms with Gasteiger partial charge in [-0.1, -0.05) is 0 Å². The zero-order chi connectivity index (χ0) is 16.4. The van der Waals surface area contributed by atoms with E-state index in [-0.39, 0.29) is 18.1 Å². The maximum absolute atomic E-state index is 12.5. The first-order valence-electron chi connectivity index (χ1n) is 8.36. The number of aryl methyl sites for hydroxylation is 2. The van der Waals surface area contributed by atoms with Gasteiger partial charge in [0.2, 0.25) is 0 Å². The quantitative estimate of drug-likeness (QED) is 0.867. The summed E-state index contributed by atoms with van der Waals surface area (Å²) in [6.07, 6.45) is 3.17. The lowest BCUT2D eigenvalue weighted by molar-refractivity contribution is 0.162. The summed E-state index contributed by atoms with van der Waals surface area (Å²) in [6, 6.07) is 2.21. The standard InChI is InChI=1S/C17H25N3O3/c1-11-7-12(2)19-16(21)15(11)8-18-17(22)20(14-3-4-14)9-13-5-6-23-10-13/h7,13-14H,3-6,8-10H2,1-2H3,(H,18,22)(H,19,21). The smallest absolute Gasteiger partial charge is 0.317 e. The topological polar surface area (TPSA) is 74.4 Å². The fraction of sp³-hybridized carbons (Fsp3) is 0.647. The van der Waals surface area contributed by atoms with Crippen molar-refractivity contribution in [3.05, 3.63) is 33.2 Å². The second-order valence-corrected chi connectivity index (χ2v) is 6.71. The minimum atomic E-state index is -0.120. The Morgan fingerprint density at radius 1 is 1.39 bits per heavy atom. The van der Waals surface area contributed by atoms with E-state index in [0.29, 0.717) is 17.5 Å². The number of pyridine rings is 1. The molecular formula is C17H25N3O3. The summed E-state index contributed by atoms with van der Waals surface area (Å²) in [5.74, 6) is 0.436.